The maximum absolute atomic E-state index is 5.76. The second-order valence-electron chi connectivity index (χ2n) is 3.94. The zero-order chi connectivity index (χ0) is 10.7. The summed E-state index contributed by atoms with van der Waals surface area (Å²) < 4.78 is 21.2. The van der Waals surface area contributed by atoms with Crippen molar-refractivity contribution < 1.29 is 18.9 Å². The Labute approximate surface area is 104 Å². The van der Waals surface area contributed by atoms with Crippen LogP contribution < -0.4 is 0 Å². The molecule has 2 unspecified atom stereocenters. The van der Waals surface area contributed by atoms with Crippen molar-refractivity contribution in [2.45, 2.75) is 35.8 Å². The van der Waals surface area contributed by atoms with Crippen LogP contribution in [0.2, 0.25) is 0 Å². The van der Waals surface area contributed by atoms with E-state index in [-0.39, 0.29) is 12.2 Å². The molecule has 0 aliphatic carbocycles. The zero-order valence-electron chi connectivity index (χ0n) is 8.91. The van der Waals surface area contributed by atoms with Crippen molar-refractivity contribution >= 4 is 22.6 Å². The lowest BCUT2D eigenvalue weighted by Crippen LogP contribution is -2.31. The highest BCUT2D eigenvalue weighted by atomic mass is 127. The van der Waals surface area contributed by atoms with E-state index >= 15 is 0 Å². The maximum atomic E-state index is 5.76. The Morgan fingerprint density at radius 2 is 1.67 bits per heavy atom. The highest BCUT2D eigenvalue weighted by Gasteiger charge is 2.34. The fourth-order valence-electron chi connectivity index (χ4n) is 1.25. The third kappa shape index (κ3) is 4.52. The number of hydrogen-bond donors (Lipinski definition) is 0. The van der Waals surface area contributed by atoms with E-state index in [4.69, 9.17) is 18.9 Å². The Balaban J connectivity index is 1.70. The molecule has 0 saturated carbocycles. The summed E-state index contributed by atoms with van der Waals surface area (Å²) in [6, 6.07) is 0. The van der Waals surface area contributed by atoms with Crippen LogP contribution in [0.4, 0.5) is 0 Å². The summed E-state index contributed by atoms with van der Waals surface area (Å²) >= 11 is 2.24. The first-order valence-corrected chi connectivity index (χ1v) is 6.50. The normalized spacial score (nSPS) is 32.4. The average Bonchev–Trinajstić information content (AvgIpc) is 3.05. The van der Waals surface area contributed by atoms with Gasteiger partial charge in [0.2, 0.25) is 3.79 Å². The molecule has 15 heavy (non-hydrogen) atoms. The van der Waals surface area contributed by atoms with Gasteiger partial charge in [-0.1, -0.05) is 13.3 Å². The van der Waals surface area contributed by atoms with Gasteiger partial charge >= 0.3 is 0 Å². The van der Waals surface area contributed by atoms with Crippen LogP contribution in [0.25, 0.3) is 0 Å². The second kappa shape index (κ2) is 5.27. The van der Waals surface area contributed by atoms with Gasteiger partial charge in [0.1, 0.15) is 12.2 Å². The molecule has 0 bridgehead atoms. The van der Waals surface area contributed by atoms with Crippen molar-refractivity contribution in [3.8, 4) is 0 Å². The van der Waals surface area contributed by atoms with Gasteiger partial charge in [-0.2, -0.15) is 0 Å². The molecular weight excluding hydrogens is 311 g/mol. The maximum Gasteiger partial charge on any atom is 0.221 e. The quantitative estimate of drug-likeness (QED) is 0.294. The van der Waals surface area contributed by atoms with Crippen LogP contribution >= 0.6 is 22.6 Å². The molecule has 2 fully saturated rings. The summed E-state index contributed by atoms with van der Waals surface area (Å²) in [5.41, 5.74) is 0. The first kappa shape index (κ1) is 12.0. The summed E-state index contributed by atoms with van der Waals surface area (Å²) in [5, 5.41) is 0. The van der Waals surface area contributed by atoms with Crippen LogP contribution in [0.1, 0.15) is 19.8 Å². The van der Waals surface area contributed by atoms with Gasteiger partial charge in [0.05, 0.1) is 26.4 Å². The van der Waals surface area contributed by atoms with Gasteiger partial charge in [-0.15, -0.1) is 0 Å². The number of hydrogen-bond acceptors (Lipinski definition) is 4. The third-order valence-corrected chi connectivity index (χ3v) is 3.49. The van der Waals surface area contributed by atoms with Crippen molar-refractivity contribution in [2.24, 2.45) is 0 Å². The average molecular weight is 328 g/mol. The second-order valence-corrected chi connectivity index (χ2v) is 5.59. The monoisotopic (exact) mass is 328 g/mol. The number of halogens is 1. The van der Waals surface area contributed by atoms with E-state index in [2.05, 4.69) is 29.5 Å². The lowest BCUT2D eigenvalue weighted by Gasteiger charge is -2.27. The summed E-state index contributed by atoms with van der Waals surface area (Å²) in [4.78, 5) is 0. The van der Waals surface area contributed by atoms with E-state index in [1.807, 2.05) is 0 Å². The molecule has 0 radical (unpaired) electrons. The molecule has 0 amide bonds. The molecule has 2 aliphatic rings. The van der Waals surface area contributed by atoms with Crippen molar-refractivity contribution in [3.05, 3.63) is 0 Å². The molecule has 2 aliphatic heterocycles. The molecule has 4 nitrogen and oxygen atoms in total. The molecule has 2 saturated heterocycles. The number of ether oxygens (including phenoxy) is 4. The summed E-state index contributed by atoms with van der Waals surface area (Å²) in [6.07, 6.45) is 2.51. The molecule has 0 aromatic carbocycles. The van der Waals surface area contributed by atoms with Gasteiger partial charge < -0.3 is 18.9 Å². The predicted octanol–water partition coefficient (Wildman–Crippen LogP) is 1.71. The van der Waals surface area contributed by atoms with Gasteiger partial charge in [0, 0.05) is 6.42 Å². The summed E-state index contributed by atoms with van der Waals surface area (Å²) in [5.74, 6) is 0. The van der Waals surface area contributed by atoms with Crippen LogP contribution in [0.3, 0.4) is 0 Å². The molecule has 2 heterocycles. The SMILES string of the molecule is CCCC(I)(OCC1CO1)OCC1CO1. The standard InChI is InChI=1S/C10H17IO4/c1-2-3-10(11,14-6-8-4-12-8)15-7-9-5-13-9/h8-9H,2-7H2,1H3. The largest absolute Gasteiger partial charge is 0.371 e. The topological polar surface area (TPSA) is 43.5 Å². The lowest BCUT2D eigenvalue weighted by molar-refractivity contribution is -0.165. The van der Waals surface area contributed by atoms with Gasteiger partial charge in [-0.3, -0.25) is 0 Å². The smallest absolute Gasteiger partial charge is 0.221 e. The molecule has 5 heteroatoms. The molecule has 0 aromatic heterocycles. The third-order valence-electron chi connectivity index (χ3n) is 2.32. The number of rotatable bonds is 8. The first-order valence-electron chi connectivity index (χ1n) is 5.42. The molecule has 2 atom stereocenters. The highest BCUT2D eigenvalue weighted by molar-refractivity contribution is 14.1. The Bertz CT molecular complexity index is 188. The zero-order valence-corrected chi connectivity index (χ0v) is 11.1. The van der Waals surface area contributed by atoms with Crippen molar-refractivity contribution in [3.63, 3.8) is 0 Å². The molecular formula is C10H17IO4. The number of alkyl halides is 1. The van der Waals surface area contributed by atoms with Crippen LogP contribution in [0.15, 0.2) is 0 Å². The molecule has 0 aromatic rings. The van der Waals surface area contributed by atoms with E-state index in [1.54, 1.807) is 0 Å². The van der Waals surface area contributed by atoms with E-state index < -0.39 is 3.79 Å². The Kier molecular flexibility index (Phi) is 4.23. The van der Waals surface area contributed by atoms with Gasteiger partial charge in [-0.05, 0) is 22.6 Å². The summed E-state index contributed by atoms with van der Waals surface area (Å²) in [6.45, 7) is 5.04. The van der Waals surface area contributed by atoms with Crippen LogP contribution in [0.5, 0.6) is 0 Å². The van der Waals surface area contributed by atoms with E-state index in [0.717, 1.165) is 26.1 Å². The minimum atomic E-state index is -0.496. The predicted molar refractivity (Wildman–Crippen MR) is 63.0 cm³/mol. The minimum Gasteiger partial charge on any atom is -0.371 e. The molecule has 2 rings (SSSR count). The van der Waals surface area contributed by atoms with E-state index in [9.17, 15) is 0 Å². The van der Waals surface area contributed by atoms with Gasteiger partial charge in [-0.25, -0.2) is 0 Å². The first-order chi connectivity index (χ1) is 7.22. The molecule has 0 N–H and O–H groups in total. The van der Waals surface area contributed by atoms with E-state index in [0.29, 0.717) is 13.2 Å². The fourth-order valence-corrected chi connectivity index (χ4v) is 2.15. The van der Waals surface area contributed by atoms with Crippen LogP contribution in [-0.4, -0.2) is 42.4 Å². The number of epoxide rings is 2. The van der Waals surface area contributed by atoms with Crippen molar-refractivity contribution in [1.29, 1.82) is 0 Å². The Hall–Kier alpha value is 0.570. The van der Waals surface area contributed by atoms with Crippen LogP contribution in [-0.2, 0) is 18.9 Å². The summed E-state index contributed by atoms with van der Waals surface area (Å²) in [7, 11) is 0. The van der Waals surface area contributed by atoms with E-state index in [1.165, 1.54) is 0 Å². The molecule has 0 spiro atoms. The lowest BCUT2D eigenvalue weighted by atomic mass is 10.3. The van der Waals surface area contributed by atoms with Crippen molar-refractivity contribution in [1.82, 2.24) is 0 Å². The van der Waals surface area contributed by atoms with Crippen LogP contribution in [0, 0.1) is 0 Å². The fraction of sp³-hybridized carbons (Fsp3) is 1.00. The highest BCUT2D eigenvalue weighted by Crippen LogP contribution is 2.30. The molecule has 88 valence electrons. The van der Waals surface area contributed by atoms with Crippen molar-refractivity contribution in [2.75, 3.05) is 26.4 Å². The van der Waals surface area contributed by atoms with Gasteiger partial charge in [0.15, 0.2) is 0 Å². The van der Waals surface area contributed by atoms with Gasteiger partial charge in [0.25, 0.3) is 0 Å². The Morgan fingerprint density at radius 1 is 1.20 bits per heavy atom. The minimum absolute atomic E-state index is 0.289. The Morgan fingerprint density at radius 3 is 2.00 bits per heavy atom.